The summed E-state index contributed by atoms with van der Waals surface area (Å²) in [5.41, 5.74) is 5.23. The SMILES string of the molecule is C/C(=N/NC(=O)Cc1nc(C)cs1)c1ccc(Br)cc1. The molecule has 2 rings (SSSR count). The largest absolute Gasteiger partial charge is 0.273 e. The number of amides is 1. The Hall–Kier alpha value is -1.53. The molecule has 2 aromatic rings. The molecule has 0 unspecified atom stereocenters. The van der Waals surface area contributed by atoms with E-state index in [1.54, 1.807) is 0 Å². The summed E-state index contributed by atoms with van der Waals surface area (Å²) >= 11 is 4.86. The fourth-order valence-corrected chi connectivity index (χ4v) is 2.60. The number of benzene rings is 1. The Morgan fingerprint density at radius 2 is 2.10 bits per heavy atom. The number of carbonyl (C=O) groups is 1. The van der Waals surface area contributed by atoms with Crippen LogP contribution in [0.3, 0.4) is 0 Å². The Morgan fingerprint density at radius 3 is 2.70 bits per heavy atom. The normalized spacial score (nSPS) is 11.4. The van der Waals surface area contributed by atoms with E-state index in [1.165, 1.54) is 11.3 Å². The zero-order valence-corrected chi connectivity index (χ0v) is 13.6. The predicted octanol–water partition coefficient (Wildman–Crippen LogP) is 3.30. The monoisotopic (exact) mass is 351 g/mol. The molecule has 0 aliphatic heterocycles. The van der Waals surface area contributed by atoms with E-state index in [-0.39, 0.29) is 12.3 Å². The van der Waals surface area contributed by atoms with Gasteiger partial charge in [-0.2, -0.15) is 5.10 Å². The van der Waals surface area contributed by atoms with Crippen molar-refractivity contribution in [2.24, 2.45) is 5.10 Å². The summed E-state index contributed by atoms with van der Waals surface area (Å²) in [7, 11) is 0. The number of hydrogen-bond acceptors (Lipinski definition) is 4. The molecule has 1 N–H and O–H groups in total. The first-order chi connectivity index (χ1) is 9.54. The molecular weight excluding hydrogens is 338 g/mol. The van der Waals surface area contributed by atoms with Crippen molar-refractivity contribution in [1.29, 1.82) is 0 Å². The van der Waals surface area contributed by atoms with Crippen LogP contribution in [0.2, 0.25) is 0 Å². The second-order valence-electron chi connectivity index (χ2n) is 4.30. The number of nitrogens with one attached hydrogen (secondary N) is 1. The van der Waals surface area contributed by atoms with Gasteiger partial charge in [0.25, 0.3) is 0 Å². The fraction of sp³-hybridized carbons (Fsp3) is 0.214. The topological polar surface area (TPSA) is 54.4 Å². The highest BCUT2D eigenvalue weighted by Crippen LogP contribution is 2.11. The number of aryl methyl sites for hydroxylation is 1. The number of hydrazone groups is 1. The van der Waals surface area contributed by atoms with Crippen molar-refractivity contribution in [3.63, 3.8) is 0 Å². The zero-order valence-electron chi connectivity index (χ0n) is 11.2. The summed E-state index contributed by atoms with van der Waals surface area (Å²) in [6.45, 7) is 3.77. The van der Waals surface area contributed by atoms with E-state index in [1.807, 2.05) is 43.5 Å². The summed E-state index contributed by atoms with van der Waals surface area (Å²) in [5, 5.41) is 6.84. The molecule has 0 radical (unpaired) electrons. The molecule has 1 aromatic carbocycles. The summed E-state index contributed by atoms with van der Waals surface area (Å²) in [6.07, 6.45) is 0.260. The van der Waals surface area contributed by atoms with Crippen molar-refractivity contribution in [3.8, 4) is 0 Å². The predicted molar refractivity (Wildman–Crippen MR) is 85.1 cm³/mol. The highest BCUT2D eigenvalue weighted by atomic mass is 79.9. The first kappa shape index (κ1) is 14.9. The Kier molecular flexibility index (Phi) is 5.03. The lowest BCUT2D eigenvalue weighted by molar-refractivity contribution is -0.120. The molecule has 0 fully saturated rings. The van der Waals surface area contributed by atoms with E-state index in [4.69, 9.17) is 0 Å². The van der Waals surface area contributed by atoms with Crippen LogP contribution >= 0.6 is 27.3 Å². The average molecular weight is 352 g/mol. The zero-order chi connectivity index (χ0) is 14.5. The van der Waals surface area contributed by atoms with Crippen LogP contribution in [0.15, 0.2) is 39.2 Å². The van der Waals surface area contributed by atoms with Gasteiger partial charge in [0.05, 0.1) is 12.1 Å². The second kappa shape index (κ2) is 6.76. The molecule has 104 valence electrons. The smallest absolute Gasteiger partial charge is 0.246 e. The van der Waals surface area contributed by atoms with Gasteiger partial charge in [-0.25, -0.2) is 10.4 Å². The van der Waals surface area contributed by atoms with Gasteiger partial charge in [-0.1, -0.05) is 28.1 Å². The third kappa shape index (κ3) is 4.25. The van der Waals surface area contributed by atoms with Crippen molar-refractivity contribution in [2.75, 3.05) is 0 Å². The number of thiazole rings is 1. The van der Waals surface area contributed by atoms with E-state index in [0.29, 0.717) is 0 Å². The van der Waals surface area contributed by atoms with Crippen LogP contribution in [0.5, 0.6) is 0 Å². The fourth-order valence-electron chi connectivity index (χ4n) is 1.56. The van der Waals surface area contributed by atoms with Gasteiger partial charge in [0, 0.05) is 15.5 Å². The Bertz CT molecular complexity index is 634. The van der Waals surface area contributed by atoms with Crippen molar-refractivity contribution < 1.29 is 4.79 Å². The van der Waals surface area contributed by atoms with Gasteiger partial charge in [0.1, 0.15) is 5.01 Å². The van der Waals surface area contributed by atoms with Gasteiger partial charge < -0.3 is 0 Å². The molecule has 4 nitrogen and oxygen atoms in total. The molecule has 20 heavy (non-hydrogen) atoms. The van der Waals surface area contributed by atoms with Gasteiger partial charge in [-0.15, -0.1) is 11.3 Å². The third-order valence-electron chi connectivity index (χ3n) is 2.59. The number of nitrogens with zero attached hydrogens (tertiary/aromatic N) is 2. The molecule has 1 heterocycles. The van der Waals surface area contributed by atoms with Crippen LogP contribution < -0.4 is 5.43 Å². The summed E-state index contributed by atoms with van der Waals surface area (Å²) < 4.78 is 1.01. The highest BCUT2D eigenvalue weighted by Gasteiger charge is 2.06. The molecule has 0 bridgehead atoms. The van der Waals surface area contributed by atoms with E-state index < -0.39 is 0 Å². The number of hydrogen-bond donors (Lipinski definition) is 1. The second-order valence-corrected chi connectivity index (χ2v) is 6.16. The summed E-state index contributed by atoms with van der Waals surface area (Å²) in [4.78, 5) is 16.0. The van der Waals surface area contributed by atoms with Gasteiger partial charge in [0.15, 0.2) is 0 Å². The number of halogens is 1. The average Bonchev–Trinajstić information content (AvgIpc) is 2.82. The molecule has 0 saturated carbocycles. The number of aromatic nitrogens is 1. The number of rotatable bonds is 4. The van der Waals surface area contributed by atoms with Gasteiger partial charge in [-0.05, 0) is 31.5 Å². The maximum Gasteiger partial charge on any atom is 0.246 e. The van der Waals surface area contributed by atoms with Crippen LogP contribution in [0, 0.1) is 6.92 Å². The molecule has 0 atom stereocenters. The van der Waals surface area contributed by atoms with Crippen LogP contribution in [0.25, 0.3) is 0 Å². The molecule has 6 heteroatoms. The molecule has 0 aliphatic carbocycles. The maximum absolute atomic E-state index is 11.8. The number of carbonyl (C=O) groups excluding carboxylic acids is 1. The van der Waals surface area contributed by atoms with Gasteiger partial charge in [0.2, 0.25) is 5.91 Å². The molecule has 1 amide bonds. The minimum atomic E-state index is -0.157. The van der Waals surface area contributed by atoms with Crippen LogP contribution in [0.1, 0.15) is 23.2 Å². The third-order valence-corrected chi connectivity index (χ3v) is 4.08. The van der Waals surface area contributed by atoms with E-state index in [9.17, 15) is 4.79 Å². The first-order valence-corrected chi connectivity index (χ1v) is 7.72. The van der Waals surface area contributed by atoms with Crippen molar-refractivity contribution >= 4 is 38.9 Å². The Balaban J connectivity index is 1.94. The summed E-state index contributed by atoms with van der Waals surface area (Å²) in [6, 6.07) is 7.77. The molecule has 1 aromatic heterocycles. The van der Waals surface area contributed by atoms with Crippen molar-refractivity contribution in [3.05, 3.63) is 50.4 Å². The van der Waals surface area contributed by atoms with E-state index >= 15 is 0 Å². The lowest BCUT2D eigenvalue weighted by Gasteiger charge is -2.02. The molecular formula is C14H14BrN3OS. The molecule has 0 spiro atoms. The van der Waals surface area contributed by atoms with Crippen LogP contribution in [-0.2, 0) is 11.2 Å². The summed E-state index contributed by atoms with van der Waals surface area (Å²) in [5.74, 6) is -0.157. The van der Waals surface area contributed by atoms with Crippen molar-refractivity contribution in [2.45, 2.75) is 20.3 Å². The van der Waals surface area contributed by atoms with Gasteiger partial charge >= 0.3 is 0 Å². The quantitative estimate of drug-likeness (QED) is 0.678. The maximum atomic E-state index is 11.8. The Labute approximate surface area is 130 Å². The Morgan fingerprint density at radius 1 is 1.40 bits per heavy atom. The van der Waals surface area contributed by atoms with Crippen LogP contribution in [0.4, 0.5) is 0 Å². The minimum absolute atomic E-state index is 0.157. The minimum Gasteiger partial charge on any atom is -0.273 e. The lowest BCUT2D eigenvalue weighted by atomic mass is 10.1. The van der Waals surface area contributed by atoms with Gasteiger partial charge in [-0.3, -0.25) is 4.79 Å². The standard InChI is InChI=1S/C14H14BrN3OS/c1-9-8-20-14(16-9)7-13(19)18-17-10(2)11-3-5-12(15)6-4-11/h3-6,8H,7H2,1-2H3,(H,18,19)/b17-10-. The lowest BCUT2D eigenvalue weighted by Crippen LogP contribution is -2.21. The highest BCUT2D eigenvalue weighted by molar-refractivity contribution is 9.10. The van der Waals surface area contributed by atoms with E-state index in [2.05, 4.69) is 31.4 Å². The first-order valence-electron chi connectivity index (χ1n) is 6.04. The molecule has 0 aliphatic rings. The van der Waals surface area contributed by atoms with E-state index in [0.717, 1.165) is 26.4 Å². The van der Waals surface area contributed by atoms with Crippen molar-refractivity contribution in [1.82, 2.24) is 10.4 Å². The molecule has 0 saturated heterocycles. The van der Waals surface area contributed by atoms with Crippen LogP contribution in [-0.4, -0.2) is 16.6 Å².